The monoisotopic (exact) mass is 538 g/mol. The Morgan fingerprint density at radius 3 is 2.32 bits per heavy atom. The fourth-order valence-corrected chi connectivity index (χ4v) is 5.73. The topological polar surface area (TPSA) is 87.7 Å². The summed E-state index contributed by atoms with van der Waals surface area (Å²) in [5.41, 5.74) is 0.962. The summed E-state index contributed by atoms with van der Waals surface area (Å²) in [5, 5.41) is 16.5. The average Bonchev–Trinajstić information content (AvgIpc) is 2.85. The van der Waals surface area contributed by atoms with Crippen LogP contribution in [0.25, 0.3) is 0 Å². The summed E-state index contributed by atoms with van der Waals surface area (Å²) in [7, 11) is 0. The van der Waals surface area contributed by atoms with E-state index in [-0.39, 0.29) is 36.4 Å². The molecule has 208 valence electrons. The number of halogens is 2. The number of hydrogen-bond acceptors (Lipinski definition) is 4. The van der Waals surface area contributed by atoms with Crippen LogP contribution in [0, 0.1) is 5.41 Å². The number of ether oxygens (including phenoxy) is 1. The Morgan fingerprint density at radius 2 is 1.81 bits per heavy atom. The van der Waals surface area contributed by atoms with Crippen LogP contribution in [0.3, 0.4) is 0 Å². The van der Waals surface area contributed by atoms with E-state index in [0.29, 0.717) is 45.1 Å². The lowest BCUT2D eigenvalue weighted by molar-refractivity contribution is -0.157. The minimum atomic E-state index is -1.19. The number of aliphatic hydroxyl groups is 1. The Morgan fingerprint density at radius 1 is 1.19 bits per heavy atom. The van der Waals surface area contributed by atoms with E-state index in [1.807, 2.05) is 19.1 Å². The minimum absolute atomic E-state index is 0.0706. The van der Waals surface area contributed by atoms with Gasteiger partial charge in [-0.3, -0.25) is 9.59 Å². The summed E-state index contributed by atoms with van der Waals surface area (Å²) >= 11 is 5.82. The second-order valence-corrected chi connectivity index (χ2v) is 12.8. The Labute approximate surface area is 226 Å². The third-order valence-corrected chi connectivity index (χ3v) is 8.62. The molecule has 4 unspecified atom stereocenters. The molecular formula is C29H44ClFN2O4. The third-order valence-electron chi connectivity index (χ3n) is 8.34. The highest BCUT2D eigenvalue weighted by atomic mass is 35.5. The normalized spacial score (nSPS) is 27.8. The fourth-order valence-electron chi connectivity index (χ4n) is 5.63. The molecule has 0 radical (unpaired) electrons. The molecule has 2 amide bonds. The van der Waals surface area contributed by atoms with Gasteiger partial charge in [0.15, 0.2) is 0 Å². The molecule has 0 aliphatic heterocycles. The van der Waals surface area contributed by atoms with Crippen molar-refractivity contribution < 1.29 is 23.8 Å². The first-order chi connectivity index (χ1) is 17.3. The van der Waals surface area contributed by atoms with E-state index in [4.69, 9.17) is 16.3 Å². The molecule has 3 aliphatic carbocycles. The lowest BCUT2D eigenvalue weighted by Crippen LogP contribution is -2.65. The van der Waals surface area contributed by atoms with E-state index in [9.17, 15) is 19.1 Å². The fraction of sp³-hybridized carbons (Fsp3) is 0.724. The average molecular weight is 539 g/mol. The van der Waals surface area contributed by atoms with Crippen molar-refractivity contribution in [2.24, 2.45) is 5.41 Å². The number of carbonyl (C=O) groups excluding carboxylic acids is 2. The Hall–Kier alpha value is -1.70. The van der Waals surface area contributed by atoms with Gasteiger partial charge in [0.05, 0.1) is 23.0 Å². The molecule has 4 rings (SSSR count). The molecule has 3 N–H and O–H groups in total. The van der Waals surface area contributed by atoms with Crippen molar-refractivity contribution in [3.05, 3.63) is 35.4 Å². The largest absolute Gasteiger partial charge is 0.392 e. The van der Waals surface area contributed by atoms with Crippen molar-refractivity contribution in [1.29, 1.82) is 0 Å². The zero-order valence-corrected chi connectivity index (χ0v) is 23.7. The molecule has 6 nitrogen and oxygen atoms in total. The van der Waals surface area contributed by atoms with Gasteiger partial charge in [-0.25, -0.2) is 4.39 Å². The van der Waals surface area contributed by atoms with Gasteiger partial charge in [0.1, 0.15) is 12.8 Å². The van der Waals surface area contributed by atoms with Gasteiger partial charge in [-0.1, -0.05) is 52.0 Å². The van der Waals surface area contributed by atoms with Crippen molar-refractivity contribution in [3.8, 4) is 0 Å². The summed E-state index contributed by atoms with van der Waals surface area (Å²) in [6, 6.07) is 8.25. The van der Waals surface area contributed by atoms with Gasteiger partial charge < -0.3 is 20.5 Å². The number of rotatable bonds is 11. The summed E-state index contributed by atoms with van der Waals surface area (Å²) in [4.78, 5) is 25.9. The molecule has 8 heteroatoms. The predicted octanol–water partition coefficient (Wildman–Crippen LogP) is 4.93. The maximum Gasteiger partial charge on any atom is 0.246 e. The van der Waals surface area contributed by atoms with Crippen molar-refractivity contribution in [3.63, 3.8) is 0 Å². The molecule has 0 spiro atoms. The molecule has 0 aromatic heterocycles. The molecule has 37 heavy (non-hydrogen) atoms. The highest BCUT2D eigenvalue weighted by Crippen LogP contribution is 2.52. The molecule has 0 heterocycles. The zero-order valence-electron chi connectivity index (χ0n) is 22.9. The number of aliphatic hydroxyl groups excluding tert-OH is 1. The van der Waals surface area contributed by atoms with Crippen molar-refractivity contribution in [2.45, 2.75) is 121 Å². The SMILES string of the molecule is CCC(CC(F)C(C)Cl)OCC(=O)NC12CCC(C(=O)NCc3ccc(C(C)(C)C)cc3)(CC1)C(O)C2. The smallest absolute Gasteiger partial charge is 0.246 e. The van der Waals surface area contributed by atoms with Gasteiger partial charge in [-0.05, 0) is 62.0 Å². The van der Waals surface area contributed by atoms with Gasteiger partial charge >= 0.3 is 0 Å². The number of fused-ring (bicyclic) bond motifs is 3. The van der Waals surface area contributed by atoms with Gasteiger partial charge in [-0.2, -0.15) is 0 Å². The zero-order chi connectivity index (χ0) is 27.4. The van der Waals surface area contributed by atoms with Crippen molar-refractivity contribution in [2.75, 3.05) is 6.61 Å². The van der Waals surface area contributed by atoms with Crippen LogP contribution in [0.1, 0.15) is 90.7 Å². The van der Waals surface area contributed by atoms with Crippen LogP contribution in [0.5, 0.6) is 0 Å². The molecule has 2 bridgehead atoms. The van der Waals surface area contributed by atoms with Crippen LogP contribution in [-0.2, 0) is 26.3 Å². The second kappa shape index (κ2) is 12.0. The van der Waals surface area contributed by atoms with E-state index in [2.05, 4.69) is 43.5 Å². The van der Waals surface area contributed by atoms with Gasteiger partial charge in [0.2, 0.25) is 11.8 Å². The highest BCUT2D eigenvalue weighted by Gasteiger charge is 2.58. The standard InChI is InChI=1S/C29H44ClFN2O4/c1-6-22(15-23(31)19(2)30)37-18-25(35)33-28-11-13-29(14-12-28,24(34)16-28)26(36)32-17-20-7-9-21(10-8-20)27(3,4)5/h7-10,19,22-24,34H,6,11-18H2,1-5H3,(H,32,36)(H,33,35). The third kappa shape index (κ3) is 7.24. The number of hydrogen-bond donors (Lipinski definition) is 3. The van der Waals surface area contributed by atoms with Crippen LogP contribution in [-0.4, -0.2) is 52.8 Å². The van der Waals surface area contributed by atoms with E-state index < -0.39 is 28.6 Å². The lowest BCUT2D eigenvalue weighted by Gasteiger charge is -2.55. The molecule has 1 aromatic rings. The molecule has 4 atom stereocenters. The second-order valence-electron chi connectivity index (χ2n) is 12.1. The first kappa shape index (κ1) is 29.9. The van der Waals surface area contributed by atoms with E-state index in [1.165, 1.54) is 5.56 Å². The Balaban J connectivity index is 1.51. The molecular weight excluding hydrogens is 495 g/mol. The van der Waals surface area contributed by atoms with Gasteiger partial charge in [0.25, 0.3) is 0 Å². The van der Waals surface area contributed by atoms with Gasteiger partial charge in [-0.15, -0.1) is 11.6 Å². The summed E-state index contributed by atoms with van der Waals surface area (Å²) in [6.07, 6.45) is 0.924. The quantitative estimate of drug-likeness (QED) is 0.349. The molecule has 3 saturated carbocycles. The number of nitrogens with one attached hydrogen (secondary N) is 2. The van der Waals surface area contributed by atoms with Gasteiger partial charge in [0, 0.05) is 18.5 Å². The van der Waals surface area contributed by atoms with E-state index >= 15 is 0 Å². The van der Waals surface area contributed by atoms with Crippen molar-refractivity contribution >= 4 is 23.4 Å². The molecule has 3 aliphatic rings. The van der Waals surface area contributed by atoms with Crippen LogP contribution >= 0.6 is 11.6 Å². The number of amides is 2. The van der Waals surface area contributed by atoms with Crippen LogP contribution in [0.4, 0.5) is 4.39 Å². The molecule has 1 aromatic carbocycles. The first-order valence-electron chi connectivity index (χ1n) is 13.6. The number of carbonyl (C=O) groups is 2. The predicted molar refractivity (Wildman–Crippen MR) is 144 cm³/mol. The van der Waals surface area contributed by atoms with Crippen molar-refractivity contribution in [1.82, 2.24) is 10.6 Å². The Bertz CT molecular complexity index is 923. The number of benzene rings is 1. The molecule has 3 fully saturated rings. The summed E-state index contributed by atoms with van der Waals surface area (Å²) < 4.78 is 19.6. The van der Waals surface area contributed by atoms with E-state index in [1.54, 1.807) is 6.92 Å². The maximum absolute atomic E-state index is 14.0. The minimum Gasteiger partial charge on any atom is -0.392 e. The van der Waals surface area contributed by atoms with Crippen LogP contribution in [0.2, 0.25) is 0 Å². The lowest BCUT2D eigenvalue weighted by atomic mass is 9.55. The summed E-state index contributed by atoms with van der Waals surface area (Å²) in [6.45, 7) is 10.2. The van der Waals surface area contributed by atoms with Crippen LogP contribution in [0.15, 0.2) is 24.3 Å². The first-order valence-corrected chi connectivity index (χ1v) is 14.0. The highest BCUT2D eigenvalue weighted by molar-refractivity contribution is 6.20. The summed E-state index contributed by atoms with van der Waals surface area (Å²) in [5.74, 6) is -0.402. The van der Waals surface area contributed by atoms with E-state index in [0.717, 1.165) is 5.56 Å². The maximum atomic E-state index is 14.0. The molecule has 0 saturated heterocycles. The Kier molecular flexibility index (Phi) is 9.68. The number of alkyl halides is 2. The van der Waals surface area contributed by atoms with Crippen LogP contribution < -0.4 is 10.6 Å².